The minimum absolute atomic E-state index is 0.0134. The summed E-state index contributed by atoms with van der Waals surface area (Å²) in [5.74, 6) is -1.43. The maximum Gasteiger partial charge on any atom is 0.319 e. The zero-order valence-electron chi connectivity index (χ0n) is 9.78. The van der Waals surface area contributed by atoms with Crippen LogP contribution >= 0.6 is 0 Å². The second-order valence-corrected chi connectivity index (χ2v) is 4.42. The van der Waals surface area contributed by atoms with Gasteiger partial charge in [0.25, 0.3) is 0 Å². The van der Waals surface area contributed by atoms with E-state index in [1.165, 1.54) is 0 Å². The first-order valence-electron chi connectivity index (χ1n) is 5.71. The second kappa shape index (κ2) is 4.31. The molecule has 3 heterocycles. The number of carbonyl (C=O) groups excluding carboxylic acids is 1. The summed E-state index contributed by atoms with van der Waals surface area (Å²) in [4.78, 5) is 11.1. The standard InChI is InChI=1S/C11H18O5/c1-3-9(12)13-8-11-14-5-10(4-2,6-15-11)7-16-11/h3-8H2,1-2H3. The molecule has 0 radical (unpaired) electrons. The van der Waals surface area contributed by atoms with E-state index in [0.29, 0.717) is 26.2 Å². The summed E-state index contributed by atoms with van der Waals surface area (Å²) < 4.78 is 21.6. The van der Waals surface area contributed by atoms with Gasteiger partial charge in [0.15, 0.2) is 6.61 Å². The molecule has 5 nitrogen and oxygen atoms in total. The molecule has 0 saturated carbocycles. The number of rotatable bonds is 4. The third-order valence-electron chi connectivity index (χ3n) is 3.24. The fourth-order valence-corrected chi connectivity index (χ4v) is 1.74. The van der Waals surface area contributed by atoms with Gasteiger partial charge in [0.1, 0.15) is 0 Å². The van der Waals surface area contributed by atoms with E-state index in [1.807, 2.05) is 0 Å². The summed E-state index contributed by atoms with van der Waals surface area (Å²) in [7, 11) is 0. The summed E-state index contributed by atoms with van der Waals surface area (Å²) in [6.07, 6.45) is 1.30. The van der Waals surface area contributed by atoms with Crippen LogP contribution in [0.4, 0.5) is 0 Å². The average molecular weight is 230 g/mol. The van der Waals surface area contributed by atoms with Crippen molar-refractivity contribution in [3.8, 4) is 0 Å². The van der Waals surface area contributed by atoms with Crippen LogP contribution in [0.1, 0.15) is 26.7 Å². The van der Waals surface area contributed by atoms with Gasteiger partial charge in [-0.25, -0.2) is 0 Å². The van der Waals surface area contributed by atoms with Crippen molar-refractivity contribution in [1.82, 2.24) is 0 Å². The van der Waals surface area contributed by atoms with Crippen LogP contribution in [0.3, 0.4) is 0 Å². The van der Waals surface area contributed by atoms with Gasteiger partial charge in [-0.15, -0.1) is 0 Å². The van der Waals surface area contributed by atoms with Gasteiger partial charge in [0, 0.05) is 11.8 Å². The molecule has 92 valence electrons. The number of hydrogen-bond acceptors (Lipinski definition) is 5. The highest BCUT2D eigenvalue weighted by atomic mass is 16.9. The van der Waals surface area contributed by atoms with Crippen molar-refractivity contribution >= 4 is 5.97 Å². The number of hydrogen-bond donors (Lipinski definition) is 0. The largest absolute Gasteiger partial charge is 0.457 e. The minimum atomic E-state index is -1.15. The molecule has 0 spiro atoms. The zero-order valence-corrected chi connectivity index (χ0v) is 9.78. The molecule has 0 aromatic carbocycles. The van der Waals surface area contributed by atoms with Gasteiger partial charge in [0.2, 0.25) is 0 Å². The highest BCUT2D eigenvalue weighted by Crippen LogP contribution is 2.40. The summed E-state index contributed by atoms with van der Waals surface area (Å²) in [6, 6.07) is 0. The van der Waals surface area contributed by atoms with Crippen LogP contribution in [0.15, 0.2) is 0 Å². The molecule has 16 heavy (non-hydrogen) atoms. The lowest BCUT2D eigenvalue weighted by molar-refractivity contribution is -0.474. The van der Waals surface area contributed by atoms with Crippen LogP contribution in [0.25, 0.3) is 0 Å². The Hall–Kier alpha value is -0.650. The molecule has 3 aliphatic rings. The van der Waals surface area contributed by atoms with Crippen molar-refractivity contribution < 1.29 is 23.7 Å². The Kier molecular flexibility index (Phi) is 3.19. The second-order valence-electron chi connectivity index (χ2n) is 4.42. The molecule has 0 N–H and O–H groups in total. The Labute approximate surface area is 95.0 Å². The van der Waals surface area contributed by atoms with E-state index in [-0.39, 0.29) is 18.0 Å². The Morgan fingerprint density at radius 2 is 1.75 bits per heavy atom. The fourth-order valence-electron chi connectivity index (χ4n) is 1.74. The Balaban J connectivity index is 1.90. The molecule has 0 amide bonds. The van der Waals surface area contributed by atoms with E-state index in [0.717, 1.165) is 6.42 Å². The molecule has 3 rings (SSSR count). The highest BCUT2D eigenvalue weighted by Gasteiger charge is 2.52. The lowest BCUT2D eigenvalue weighted by Crippen LogP contribution is -2.61. The zero-order chi connectivity index (χ0) is 11.6. The van der Waals surface area contributed by atoms with Gasteiger partial charge >= 0.3 is 11.9 Å². The lowest BCUT2D eigenvalue weighted by atomic mass is 9.86. The van der Waals surface area contributed by atoms with E-state index in [4.69, 9.17) is 18.9 Å². The van der Waals surface area contributed by atoms with Crippen molar-refractivity contribution in [1.29, 1.82) is 0 Å². The van der Waals surface area contributed by atoms with E-state index >= 15 is 0 Å². The third-order valence-corrected chi connectivity index (χ3v) is 3.24. The highest BCUT2D eigenvalue weighted by molar-refractivity contribution is 5.68. The van der Waals surface area contributed by atoms with Crippen LogP contribution in [0.5, 0.6) is 0 Å². The Morgan fingerprint density at radius 1 is 1.19 bits per heavy atom. The first-order valence-corrected chi connectivity index (χ1v) is 5.71. The molecular weight excluding hydrogens is 212 g/mol. The smallest absolute Gasteiger partial charge is 0.319 e. The molecule has 3 fully saturated rings. The van der Waals surface area contributed by atoms with Crippen molar-refractivity contribution in [2.75, 3.05) is 26.4 Å². The summed E-state index contributed by atoms with van der Waals surface area (Å²) in [5.41, 5.74) is -0.0173. The molecule has 0 aromatic rings. The molecule has 3 saturated heterocycles. The van der Waals surface area contributed by atoms with Gasteiger partial charge in [0.05, 0.1) is 19.8 Å². The van der Waals surface area contributed by atoms with Crippen molar-refractivity contribution in [2.24, 2.45) is 5.41 Å². The van der Waals surface area contributed by atoms with Gasteiger partial charge in [-0.3, -0.25) is 4.79 Å². The van der Waals surface area contributed by atoms with E-state index in [2.05, 4.69) is 6.92 Å². The summed E-state index contributed by atoms with van der Waals surface area (Å²) >= 11 is 0. The van der Waals surface area contributed by atoms with Crippen LogP contribution in [-0.4, -0.2) is 38.4 Å². The fraction of sp³-hybridized carbons (Fsp3) is 0.909. The maximum absolute atomic E-state index is 11.1. The maximum atomic E-state index is 11.1. The minimum Gasteiger partial charge on any atom is -0.457 e. The first kappa shape index (κ1) is 11.8. The number of carbonyl (C=O) groups is 1. The van der Waals surface area contributed by atoms with Crippen LogP contribution in [0.2, 0.25) is 0 Å². The van der Waals surface area contributed by atoms with Gasteiger partial charge in [-0.2, -0.15) is 0 Å². The molecule has 0 unspecified atom stereocenters. The van der Waals surface area contributed by atoms with Gasteiger partial charge in [-0.1, -0.05) is 13.8 Å². The predicted octanol–water partition coefficient (Wildman–Crippen LogP) is 1.07. The van der Waals surface area contributed by atoms with Crippen molar-refractivity contribution in [3.63, 3.8) is 0 Å². The Bertz CT molecular complexity index is 251. The normalized spacial score (nSPS) is 37.4. The molecule has 3 aliphatic heterocycles. The summed E-state index contributed by atoms with van der Waals surface area (Å²) in [6.45, 7) is 5.66. The predicted molar refractivity (Wildman–Crippen MR) is 54.6 cm³/mol. The van der Waals surface area contributed by atoms with E-state index in [9.17, 15) is 4.79 Å². The topological polar surface area (TPSA) is 54.0 Å². The van der Waals surface area contributed by atoms with E-state index in [1.54, 1.807) is 6.92 Å². The van der Waals surface area contributed by atoms with Gasteiger partial charge < -0.3 is 18.9 Å². The van der Waals surface area contributed by atoms with Crippen LogP contribution in [0, 0.1) is 5.41 Å². The molecule has 0 aromatic heterocycles. The molecular formula is C11H18O5. The first-order chi connectivity index (χ1) is 7.64. The number of esters is 1. The van der Waals surface area contributed by atoms with Crippen LogP contribution < -0.4 is 0 Å². The van der Waals surface area contributed by atoms with Crippen molar-refractivity contribution in [2.45, 2.75) is 32.7 Å². The quantitative estimate of drug-likeness (QED) is 0.676. The number of ether oxygens (including phenoxy) is 4. The molecule has 0 atom stereocenters. The monoisotopic (exact) mass is 230 g/mol. The molecule has 2 bridgehead atoms. The van der Waals surface area contributed by atoms with Crippen LogP contribution in [-0.2, 0) is 23.7 Å². The third kappa shape index (κ3) is 2.07. The van der Waals surface area contributed by atoms with Gasteiger partial charge in [-0.05, 0) is 6.42 Å². The summed E-state index contributed by atoms with van der Waals surface area (Å²) in [5, 5.41) is 0. The van der Waals surface area contributed by atoms with Crippen molar-refractivity contribution in [3.05, 3.63) is 0 Å². The number of fused-ring (bicyclic) bond motifs is 3. The average Bonchev–Trinajstić information content (AvgIpc) is 2.38. The molecule has 0 aliphatic carbocycles. The molecule has 5 heteroatoms. The lowest BCUT2D eigenvalue weighted by Gasteiger charge is -2.50. The SMILES string of the molecule is CCC(=O)OCC12OCC(CC)(CO1)CO2. The van der Waals surface area contributed by atoms with E-state index < -0.39 is 5.97 Å². The Morgan fingerprint density at radius 3 is 2.19 bits per heavy atom.